The lowest BCUT2D eigenvalue weighted by molar-refractivity contribution is 0.00578. The van der Waals surface area contributed by atoms with Crippen LogP contribution in [0.5, 0.6) is 0 Å². The molecule has 0 N–H and O–H groups in total. The summed E-state index contributed by atoms with van der Waals surface area (Å²) in [5.74, 6) is -0.416. The second kappa shape index (κ2) is 6.09. The summed E-state index contributed by atoms with van der Waals surface area (Å²) in [5.41, 5.74) is 1.06. The van der Waals surface area contributed by atoms with Crippen LogP contribution in [-0.2, 0) is 14.0 Å². The standard InChI is InChI=1S/C17H23BO5/c1-7-21-15(20)13-9-8-12(10-19)14(11(13)2)18-22-16(3,4)17(5,6)23-18/h8-10H,7H2,1-6H3. The van der Waals surface area contributed by atoms with Crippen LogP contribution in [0.25, 0.3) is 0 Å². The molecular formula is C17H23BO5. The molecule has 1 heterocycles. The van der Waals surface area contributed by atoms with Gasteiger partial charge in [-0.15, -0.1) is 0 Å². The summed E-state index contributed by atoms with van der Waals surface area (Å²) in [7, 11) is -0.699. The molecule has 1 aromatic carbocycles. The minimum absolute atomic E-state index is 0.291. The van der Waals surface area contributed by atoms with Crippen molar-refractivity contribution < 1.29 is 23.6 Å². The monoisotopic (exact) mass is 318 g/mol. The van der Waals surface area contributed by atoms with E-state index in [-0.39, 0.29) is 0 Å². The number of hydrogen-bond donors (Lipinski definition) is 0. The summed E-state index contributed by atoms with van der Waals surface area (Å²) < 4.78 is 17.1. The first kappa shape index (κ1) is 17.7. The second-order valence-electron chi connectivity index (χ2n) is 6.67. The van der Waals surface area contributed by atoms with Crippen LogP contribution < -0.4 is 5.46 Å². The van der Waals surface area contributed by atoms with E-state index in [4.69, 9.17) is 14.0 Å². The summed E-state index contributed by atoms with van der Waals surface area (Å²) in [4.78, 5) is 23.5. The molecular weight excluding hydrogens is 295 g/mol. The van der Waals surface area contributed by atoms with Crippen LogP contribution in [0, 0.1) is 6.92 Å². The van der Waals surface area contributed by atoms with Crippen molar-refractivity contribution in [3.63, 3.8) is 0 Å². The quantitative estimate of drug-likeness (QED) is 0.484. The Hall–Kier alpha value is -1.66. The second-order valence-corrected chi connectivity index (χ2v) is 6.67. The van der Waals surface area contributed by atoms with Crippen molar-refractivity contribution in [3.8, 4) is 0 Å². The fraction of sp³-hybridized carbons (Fsp3) is 0.529. The molecule has 1 fully saturated rings. The maximum Gasteiger partial charge on any atom is 0.495 e. The first-order chi connectivity index (χ1) is 10.6. The molecule has 0 amide bonds. The predicted molar refractivity (Wildman–Crippen MR) is 88.2 cm³/mol. The van der Waals surface area contributed by atoms with Gasteiger partial charge in [-0.25, -0.2) is 4.79 Å². The van der Waals surface area contributed by atoms with E-state index in [0.29, 0.717) is 28.8 Å². The molecule has 0 aliphatic carbocycles. The summed E-state index contributed by atoms with van der Waals surface area (Å²) >= 11 is 0. The van der Waals surface area contributed by atoms with Crippen molar-refractivity contribution in [2.75, 3.05) is 6.61 Å². The van der Waals surface area contributed by atoms with Gasteiger partial charge in [-0.2, -0.15) is 0 Å². The number of carbonyl (C=O) groups excluding carboxylic acids is 2. The fourth-order valence-corrected chi connectivity index (χ4v) is 2.56. The van der Waals surface area contributed by atoms with Crippen molar-refractivity contribution >= 4 is 24.8 Å². The van der Waals surface area contributed by atoms with Crippen molar-refractivity contribution in [2.45, 2.75) is 52.7 Å². The molecule has 1 aliphatic heterocycles. The summed E-state index contributed by atoms with van der Waals surface area (Å²) in [5, 5.41) is 0. The van der Waals surface area contributed by atoms with E-state index in [9.17, 15) is 9.59 Å². The number of benzene rings is 1. The van der Waals surface area contributed by atoms with E-state index in [2.05, 4.69) is 0 Å². The maximum atomic E-state index is 12.1. The van der Waals surface area contributed by atoms with Gasteiger partial charge in [0.15, 0.2) is 0 Å². The molecule has 1 saturated heterocycles. The number of aldehydes is 1. The Labute approximate surface area is 137 Å². The van der Waals surface area contributed by atoms with E-state index in [1.54, 1.807) is 26.0 Å². The third kappa shape index (κ3) is 3.05. The van der Waals surface area contributed by atoms with E-state index >= 15 is 0 Å². The number of esters is 1. The van der Waals surface area contributed by atoms with Crippen LogP contribution in [0.1, 0.15) is 60.9 Å². The number of hydrogen-bond acceptors (Lipinski definition) is 5. The molecule has 1 aromatic rings. The molecule has 5 nitrogen and oxygen atoms in total. The molecule has 0 atom stereocenters. The lowest BCUT2D eigenvalue weighted by Gasteiger charge is -2.32. The van der Waals surface area contributed by atoms with Crippen LogP contribution in [0.3, 0.4) is 0 Å². The highest BCUT2D eigenvalue weighted by molar-refractivity contribution is 6.64. The smallest absolute Gasteiger partial charge is 0.462 e. The van der Waals surface area contributed by atoms with E-state index in [1.165, 1.54) is 0 Å². The van der Waals surface area contributed by atoms with Gasteiger partial charge in [-0.3, -0.25) is 4.79 Å². The van der Waals surface area contributed by atoms with Crippen molar-refractivity contribution in [1.82, 2.24) is 0 Å². The van der Waals surface area contributed by atoms with E-state index in [0.717, 1.165) is 6.29 Å². The molecule has 0 spiro atoms. The Balaban J connectivity index is 2.51. The van der Waals surface area contributed by atoms with Crippen LogP contribution >= 0.6 is 0 Å². The van der Waals surface area contributed by atoms with Crippen molar-refractivity contribution in [1.29, 1.82) is 0 Å². The van der Waals surface area contributed by atoms with Gasteiger partial charge in [0.1, 0.15) is 6.29 Å². The fourth-order valence-electron chi connectivity index (χ4n) is 2.56. The minimum atomic E-state index is -0.699. The Kier molecular flexibility index (Phi) is 4.69. The largest absolute Gasteiger partial charge is 0.495 e. The Morgan fingerprint density at radius 2 is 1.78 bits per heavy atom. The molecule has 0 bridgehead atoms. The molecule has 0 saturated carbocycles. The van der Waals surface area contributed by atoms with Crippen LogP contribution in [0.4, 0.5) is 0 Å². The van der Waals surface area contributed by atoms with Gasteiger partial charge in [0.05, 0.1) is 23.4 Å². The van der Waals surface area contributed by atoms with Crippen LogP contribution in [-0.4, -0.2) is 37.2 Å². The van der Waals surface area contributed by atoms with Gasteiger partial charge in [0.2, 0.25) is 0 Å². The Morgan fingerprint density at radius 1 is 1.22 bits per heavy atom. The first-order valence-electron chi connectivity index (χ1n) is 7.76. The van der Waals surface area contributed by atoms with Gasteiger partial charge in [0, 0.05) is 5.56 Å². The van der Waals surface area contributed by atoms with Crippen LogP contribution in [0.15, 0.2) is 12.1 Å². The molecule has 23 heavy (non-hydrogen) atoms. The third-order valence-corrected chi connectivity index (χ3v) is 4.66. The molecule has 0 unspecified atom stereocenters. The zero-order valence-corrected chi connectivity index (χ0v) is 14.6. The van der Waals surface area contributed by atoms with E-state index in [1.807, 2.05) is 27.7 Å². The highest BCUT2D eigenvalue weighted by atomic mass is 16.7. The van der Waals surface area contributed by atoms with Gasteiger partial charge in [-0.1, -0.05) is 6.07 Å². The minimum Gasteiger partial charge on any atom is -0.462 e. The number of ether oxygens (including phenoxy) is 1. The van der Waals surface area contributed by atoms with Gasteiger partial charge < -0.3 is 14.0 Å². The molecule has 0 aromatic heterocycles. The first-order valence-corrected chi connectivity index (χ1v) is 7.76. The lowest BCUT2D eigenvalue weighted by Crippen LogP contribution is -2.41. The molecule has 124 valence electrons. The Bertz CT molecular complexity index is 620. The number of carbonyl (C=O) groups is 2. The molecule has 2 rings (SSSR count). The molecule has 1 aliphatic rings. The summed E-state index contributed by atoms with van der Waals surface area (Å²) in [6.07, 6.45) is 0.752. The third-order valence-electron chi connectivity index (χ3n) is 4.66. The zero-order chi connectivity index (χ0) is 17.4. The van der Waals surface area contributed by atoms with Crippen LogP contribution in [0.2, 0.25) is 0 Å². The summed E-state index contributed by atoms with van der Waals surface area (Å²) in [6, 6.07) is 3.21. The lowest BCUT2D eigenvalue weighted by atomic mass is 9.72. The normalized spacial score (nSPS) is 18.8. The van der Waals surface area contributed by atoms with Gasteiger partial charge in [0.25, 0.3) is 0 Å². The molecule has 0 radical (unpaired) electrons. The molecule has 6 heteroatoms. The average molecular weight is 318 g/mol. The van der Waals surface area contributed by atoms with Gasteiger partial charge in [-0.05, 0) is 58.6 Å². The zero-order valence-electron chi connectivity index (χ0n) is 14.6. The highest BCUT2D eigenvalue weighted by Crippen LogP contribution is 2.37. The maximum absolute atomic E-state index is 12.1. The predicted octanol–water partition coefficient (Wildman–Crippen LogP) is 2.28. The average Bonchev–Trinajstić information content (AvgIpc) is 2.66. The number of rotatable bonds is 4. The Morgan fingerprint density at radius 3 is 2.26 bits per heavy atom. The highest BCUT2D eigenvalue weighted by Gasteiger charge is 2.52. The SMILES string of the molecule is CCOC(=O)c1ccc(C=O)c(B2OC(C)(C)C(C)(C)O2)c1C. The van der Waals surface area contributed by atoms with Crippen molar-refractivity contribution in [2.24, 2.45) is 0 Å². The van der Waals surface area contributed by atoms with Gasteiger partial charge >= 0.3 is 13.1 Å². The van der Waals surface area contributed by atoms with E-state index < -0.39 is 24.3 Å². The summed E-state index contributed by atoms with van der Waals surface area (Å²) in [6.45, 7) is 11.6. The topological polar surface area (TPSA) is 61.8 Å². The van der Waals surface area contributed by atoms with Crippen molar-refractivity contribution in [3.05, 3.63) is 28.8 Å².